The zero-order chi connectivity index (χ0) is 17.3. The maximum Gasteiger partial charge on any atom is 0.228 e. The third-order valence-electron chi connectivity index (χ3n) is 5.77. The van der Waals surface area contributed by atoms with Crippen molar-refractivity contribution in [3.8, 4) is 0 Å². The van der Waals surface area contributed by atoms with Gasteiger partial charge in [-0.3, -0.25) is 4.79 Å². The number of nitrogens with zero attached hydrogens (tertiary/aromatic N) is 4. The Hall–Kier alpha value is -1.95. The van der Waals surface area contributed by atoms with Gasteiger partial charge in [0.25, 0.3) is 0 Å². The van der Waals surface area contributed by atoms with Crippen LogP contribution in [-0.2, 0) is 9.53 Å². The maximum atomic E-state index is 13.1. The second-order valence-corrected chi connectivity index (χ2v) is 7.65. The molecule has 2 fully saturated rings. The van der Waals surface area contributed by atoms with Crippen molar-refractivity contribution in [3.05, 3.63) is 30.6 Å². The predicted octanol–water partition coefficient (Wildman–Crippen LogP) is 1.89. The molecule has 1 aliphatic carbocycles. The van der Waals surface area contributed by atoms with Crippen molar-refractivity contribution in [2.75, 3.05) is 37.7 Å². The van der Waals surface area contributed by atoms with Gasteiger partial charge in [0.1, 0.15) is 0 Å². The molecule has 134 valence electrons. The lowest BCUT2D eigenvalue weighted by atomic mass is 9.78. The van der Waals surface area contributed by atoms with Crippen LogP contribution in [0.2, 0.25) is 0 Å². The molecule has 0 spiro atoms. The fourth-order valence-corrected chi connectivity index (χ4v) is 4.24. The monoisotopic (exact) mass is 342 g/mol. The summed E-state index contributed by atoms with van der Waals surface area (Å²) in [7, 11) is 0. The lowest BCUT2D eigenvalue weighted by Crippen LogP contribution is -2.43. The van der Waals surface area contributed by atoms with Crippen LogP contribution >= 0.6 is 0 Å². The van der Waals surface area contributed by atoms with Gasteiger partial charge in [0.05, 0.1) is 18.1 Å². The largest absolute Gasteiger partial charge is 0.374 e. The van der Waals surface area contributed by atoms with Crippen LogP contribution in [0.5, 0.6) is 0 Å². The van der Waals surface area contributed by atoms with Crippen molar-refractivity contribution in [2.45, 2.75) is 32.3 Å². The van der Waals surface area contributed by atoms with E-state index in [2.05, 4.69) is 33.9 Å². The van der Waals surface area contributed by atoms with E-state index in [0.717, 1.165) is 44.8 Å². The molecular weight excluding hydrogens is 316 g/mol. The van der Waals surface area contributed by atoms with Crippen molar-refractivity contribution < 1.29 is 9.53 Å². The molecule has 0 radical (unpaired) electrons. The van der Waals surface area contributed by atoms with E-state index in [0.29, 0.717) is 19.1 Å². The Kier molecular flexibility index (Phi) is 4.46. The molecule has 0 saturated carbocycles. The Morgan fingerprint density at radius 2 is 2.08 bits per heavy atom. The number of amides is 1. The highest BCUT2D eigenvalue weighted by Crippen LogP contribution is 2.36. The Bertz CT molecular complexity index is 650. The molecule has 0 N–H and O–H groups in total. The Morgan fingerprint density at radius 3 is 2.84 bits per heavy atom. The lowest BCUT2D eigenvalue weighted by molar-refractivity contribution is -0.141. The Morgan fingerprint density at radius 1 is 1.24 bits per heavy atom. The number of ether oxygens (including phenoxy) is 1. The van der Waals surface area contributed by atoms with Crippen LogP contribution in [0.3, 0.4) is 0 Å². The zero-order valence-electron chi connectivity index (χ0n) is 14.8. The van der Waals surface area contributed by atoms with Crippen molar-refractivity contribution in [2.24, 2.45) is 11.3 Å². The first kappa shape index (κ1) is 16.5. The van der Waals surface area contributed by atoms with E-state index in [-0.39, 0.29) is 17.4 Å². The SMILES string of the molecule is CC1(C(=O)N2C[C@@H]3CN(c4ncccn4)CCO[C@@H]3C2)CC=CCC1. The number of likely N-dealkylation sites (tertiary alicyclic amines) is 1. The summed E-state index contributed by atoms with van der Waals surface area (Å²) in [4.78, 5) is 26.1. The highest BCUT2D eigenvalue weighted by Gasteiger charge is 2.44. The smallest absolute Gasteiger partial charge is 0.228 e. The second kappa shape index (κ2) is 6.75. The summed E-state index contributed by atoms with van der Waals surface area (Å²) in [6.45, 7) is 5.89. The predicted molar refractivity (Wildman–Crippen MR) is 95.2 cm³/mol. The van der Waals surface area contributed by atoms with Crippen molar-refractivity contribution >= 4 is 11.9 Å². The minimum atomic E-state index is -0.249. The molecule has 1 aromatic heterocycles. The molecule has 3 heterocycles. The minimum Gasteiger partial charge on any atom is -0.374 e. The Balaban J connectivity index is 1.45. The highest BCUT2D eigenvalue weighted by molar-refractivity contribution is 5.83. The molecule has 4 rings (SSSR count). The van der Waals surface area contributed by atoms with Crippen LogP contribution in [0.25, 0.3) is 0 Å². The molecule has 2 aliphatic heterocycles. The molecule has 6 heteroatoms. The van der Waals surface area contributed by atoms with Gasteiger partial charge in [0, 0.05) is 44.5 Å². The first-order chi connectivity index (χ1) is 12.2. The molecule has 1 aromatic rings. The molecule has 0 aromatic carbocycles. The van der Waals surface area contributed by atoms with Crippen LogP contribution in [0.1, 0.15) is 26.2 Å². The minimum absolute atomic E-state index is 0.125. The summed E-state index contributed by atoms with van der Waals surface area (Å²) in [5.74, 6) is 1.36. The number of hydrogen-bond donors (Lipinski definition) is 0. The van der Waals surface area contributed by atoms with Crippen LogP contribution in [0.15, 0.2) is 30.6 Å². The van der Waals surface area contributed by atoms with E-state index >= 15 is 0 Å². The maximum absolute atomic E-state index is 13.1. The van der Waals surface area contributed by atoms with Crippen molar-refractivity contribution in [3.63, 3.8) is 0 Å². The number of carbonyl (C=O) groups excluding carboxylic acids is 1. The van der Waals surface area contributed by atoms with Gasteiger partial charge in [0.2, 0.25) is 11.9 Å². The molecule has 1 unspecified atom stereocenters. The molecule has 3 atom stereocenters. The number of carbonyl (C=O) groups is 1. The topological polar surface area (TPSA) is 58.6 Å². The standard InChI is InChI=1S/C19H26N4O2/c1-19(6-3-2-4-7-19)17(24)23-13-15-12-22(10-11-25-16(15)14-23)18-20-8-5-9-21-18/h2-3,5,8-9,15-16H,4,6-7,10-14H2,1H3/t15-,16+,19?/m0/s1. The quantitative estimate of drug-likeness (QED) is 0.768. The molecule has 25 heavy (non-hydrogen) atoms. The third-order valence-corrected chi connectivity index (χ3v) is 5.77. The zero-order valence-corrected chi connectivity index (χ0v) is 14.8. The fraction of sp³-hybridized carbons (Fsp3) is 0.632. The second-order valence-electron chi connectivity index (χ2n) is 7.65. The number of hydrogen-bond acceptors (Lipinski definition) is 5. The molecule has 3 aliphatic rings. The van der Waals surface area contributed by atoms with E-state index in [4.69, 9.17) is 4.74 Å². The summed E-state index contributed by atoms with van der Waals surface area (Å²) < 4.78 is 6.07. The van der Waals surface area contributed by atoms with E-state index in [1.807, 2.05) is 11.0 Å². The third kappa shape index (κ3) is 3.27. The summed E-state index contributed by atoms with van der Waals surface area (Å²) in [6, 6.07) is 1.83. The van der Waals surface area contributed by atoms with Gasteiger partial charge in [-0.15, -0.1) is 0 Å². The van der Waals surface area contributed by atoms with Crippen molar-refractivity contribution in [1.82, 2.24) is 14.9 Å². The molecule has 6 nitrogen and oxygen atoms in total. The number of anilines is 1. The molecule has 1 amide bonds. The van der Waals surface area contributed by atoms with Crippen LogP contribution < -0.4 is 4.90 Å². The van der Waals surface area contributed by atoms with Gasteiger partial charge in [-0.25, -0.2) is 9.97 Å². The molecule has 0 bridgehead atoms. The number of aromatic nitrogens is 2. The number of fused-ring (bicyclic) bond motifs is 1. The first-order valence-electron chi connectivity index (χ1n) is 9.24. The average molecular weight is 342 g/mol. The van der Waals surface area contributed by atoms with Gasteiger partial charge in [-0.05, 0) is 25.3 Å². The van der Waals surface area contributed by atoms with E-state index in [1.165, 1.54) is 0 Å². The lowest BCUT2D eigenvalue weighted by Gasteiger charge is -2.33. The summed E-state index contributed by atoms with van der Waals surface area (Å²) in [5, 5.41) is 0. The van der Waals surface area contributed by atoms with E-state index in [9.17, 15) is 4.79 Å². The van der Waals surface area contributed by atoms with Gasteiger partial charge in [-0.1, -0.05) is 19.1 Å². The number of allylic oxidation sites excluding steroid dienone is 2. The number of rotatable bonds is 2. The summed E-state index contributed by atoms with van der Waals surface area (Å²) >= 11 is 0. The van der Waals surface area contributed by atoms with Crippen LogP contribution in [0, 0.1) is 11.3 Å². The summed E-state index contributed by atoms with van der Waals surface area (Å²) in [6.07, 6.45) is 10.8. The fourth-order valence-electron chi connectivity index (χ4n) is 4.24. The molecular formula is C19H26N4O2. The van der Waals surface area contributed by atoms with Gasteiger partial charge < -0.3 is 14.5 Å². The van der Waals surface area contributed by atoms with Gasteiger partial charge in [-0.2, -0.15) is 0 Å². The van der Waals surface area contributed by atoms with Crippen LogP contribution in [0.4, 0.5) is 5.95 Å². The van der Waals surface area contributed by atoms with E-state index in [1.54, 1.807) is 12.4 Å². The molecule has 2 saturated heterocycles. The van der Waals surface area contributed by atoms with Gasteiger partial charge in [0.15, 0.2) is 0 Å². The van der Waals surface area contributed by atoms with Crippen molar-refractivity contribution in [1.29, 1.82) is 0 Å². The van der Waals surface area contributed by atoms with E-state index < -0.39 is 0 Å². The average Bonchev–Trinajstić information content (AvgIpc) is 2.94. The van der Waals surface area contributed by atoms with Crippen LogP contribution in [-0.4, -0.2) is 59.7 Å². The van der Waals surface area contributed by atoms with Gasteiger partial charge >= 0.3 is 0 Å². The normalized spacial score (nSPS) is 32.4. The first-order valence-corrected chi connectivity index (χ1v) is 9.24. The summed E-state index contributed by atoms with van der Waals surface area (Å²) in [5.41, 5.74) is -0.249. The highest BCUT2D eigenvalue weighted by atomic mass is 16.5. The Labute approximate surface area is 148 Å².